The van der Waals surface area contributed by atoms with Gasteiger partial charge in [-0.05, 0) is 153 Å². The van der Waals surface area contributed by atoms with Gasteiger partial charge in [0.05, 0.1) is 11.5 Å². The van der Waals surface area contributed by atoms with Crippen LogP contribution in [0.4, 0.5) is 0 Å². The third-order valence-corrected chi connectivity index (χ3v) is 18.0. The molecule has 5 heteroatoms. The average Bonchev–Trinajstić information content (AvgIpc) is 3.43. The molecule has 2 amide bonds. The molecule has 6 saturated carbocycles. The Labute approximate surface area is 286 Å². The van der Waals surface area contributed by atoms with Gasteiger partial charge in [0, 0.05) is 25.0 Å². The van der Waals surface area contributed by atoms with E-state index in [1.807, 2.05) is 0 Å². The highest BCUT2D eigenvalue weighted by atomic mass is 16.3. The molecule has 7 aliphatic rings. The predicted octanol–water partition coefficient (Wildman–Crippen LogP) is 8.55. The minimum absolute atomic E-state index is 0.0122. The standard InChI is InChI=1S/C42H68N2O3/c1-26(2)27-15-20-42(36(47)43-32-25-29(37(32,3)4)35(46)44-23-11-10-12-24-44)22-21-40(8)28(34(27)42)13-14-31-39(7)18-17-33(45)38(5,6)30(39)16-19-41(31,40)9/h27-34,45H,1,10-25H2,2-9H3,(H,43,47)/t27-,28+,29+,30-,31+,32+,33-,34?,39-,40+,41+,42-/m0/s1. The van der Waals surface area contributed by atoms with Crippen molar-refractivity contribution in [3.63, 3.8) is 0 Å². The molecule has 47 heavy (non-hydrogen) atoms. The molecule has 1 saturated heterocycles. The van der Waals surface area contributed by atoms with Crippen molar-refractivity contribution >= 4 is 11.8 Å². The molecule has 0 aromatic rings. The van der Waals surface area contributed by atoms with E-state index in [-0.39, 0.29) is 50.6 Å². The smallest absolute Gasteiger partial charge is 0.226 e. The van der Waals surface area contributed by atoms with E-state index in [4.69, 9.17) is 0 Å². The van der Waals surface area contributed by atoms with E-state index in [9.17, 15) is 14.7 Å². The summed E-state index contributed by atoms with van der Waals surface area (Å²) in [5, 5.41) is 14.8. The Morgan fingerprint density at radius 2 is 1.47 bits per heavy atom. The van der Waals surface area contributed by atoms with Crippen LogP contribution >= 0.6 is 0 Å². The van der Waals surface area contributed by atoms with Gasteiger partial charge in [-0.3, -0.25) is 9.59 Å². The number of aliphatic hydroxyl groups excluding tert-OH is 1. The number of carbonyl (C=O) groups is 2. The molecule has 5 nitrogen and oxygen atoms in total. The van der Waals surface area contributed by atoms with Gasteiger partial charge in [0.25, 0.3) is 0 Å². The van der Waals surface area contributed by atoms with Gasteiger partial charge in [-0.1, -0.05) is 60.6 Å². The highest BCUT2D eigenvalue weighted by Crippen LogP contribution is 2.77. The number of piperidine rings is 1. The fourth-order valence-electron chi connectivity index (χ4n) is 14.7. The summed E-state index contributed by atoms with van der Waals surface area (Å²) in [5.41, 5.74) is 1.39. The molecule has 1 aliphatic heterocycles. The number of carbonyl (C=O) groups excluding carboxylic acids is 2. The predicted molar refractivity (Wildman–Crippen MR) is 189 cm³/mol. The van der Waals surface area contributed by atoms with Gasteiger partial charge < -0.3 is 15.3 Å². The lowest BCUT2D eigenvalue weighted by Gasteiger charge is -2.72. The first kappa shape index (κ1) is 34.1. The number of allylic oxidation sites excluding steroid dienone is 1. The van der Waals surface area contributed by atoms with Crippen LogP contribution in [0.25, 0.3) is 0 Å². The molecule has 1 heterocycles. The average molecular weight is 649 g/mol. The molecule has 264 valence electrons. The van der Waals surface area contributed by atoms with Crippen LogP contribution in [0.2, 0.25) is 0 Å². The third-order valence-electron chi connectivity index (χ3n) is 18.0. The van der Waals surface area contributed by atoms with Crippen molar-refractivity contribution < 1.29 is 14.7 Å². The first-order valence-electron chi connectivity index (χ1n) is 19.9. The largest absolute Gasteiger partial charge is 0.393 e. The summed E-state index contributed by atoms with van der Waals surface area (Å²) >= 11 is 0. The molecule has 12 atom stereocenters. The second-order valence-electron chi connectivity index (χ2n) is 20.2. The summed E-state index contributed by atoms with van der Waals surface area (Å²) in [6.07, 6.45) is 15.2. The van der Waals surface area contributed by atoms with Crippen LogP contribution in [0.3, 0.4) is 0 Å². The Morgan fingerprint density at radius 3 is 2.13 bits per heavy atom. The van der Waals surface area contributed by atoms with Crippen molar-refractivity contribution in [3.8, 4) is 0 Å². The van der Waals surface area contributed by atoms with Crippen LogP contribution in [0, 0.1) is 68.0 Å². The third kappa shape index (κ3) is 4.54. The van der Waals surface area contributed by atoms with Gasteiger partial charge in [0.1, 0.15) is 0 Å². The summed E-state index contributed by atoms with van der Waals surface area (Å²) in [4.78, 5) is 30.5. The minimum atomic E-state index is -0.326. The molecule has 7 rings (SSSR count). The van der Waals surface area contributed by atoms with Crippen LogP contribution < -0.4 is 5.32 Å². The fourth-order valence-corrected chi connectivity index (χ4v) is 14.7. The summed E-state index contributed by atoms with van der Waals surface area (Å²) in [5.74, 6) is 3.13. The van der Waals surface area contributed by atoms with Gasteiger partial charge in [-0.2, -0.15) is 0 Å². The van der Waals surface area contributed by atoms with Crippen molar-refractivity contribution in [2.24, 2.45) is 68.0 Å². The minimum Gasteiger partial charge on any atom is -0.393 e. The van der Waals surface area contributed by atoms with E-state index in [0.717, 1.165) is 70.9 Å². The lowest BCUT2D eigenvalue weighted by Crippen LogP contribution is -2.68. The summed E-state index contributed by atoms with van der Waals surface area (Å²) in [7, 11) is 0. The molecule has 0 aromatic carbocycles. The van der Waals surface area contributed by atoms with E-state index in [1.54, 1.807) is 0 Å². The van der Waals surface area contributed by atoms with Crippen LogP contribution in [0.5, 0.6) is 0 Å². The molecule has 0 radical (unpaired) electrons. The van der Waals surface area contributed by atoms with Crippen LogP contribution in [0.15, 0.2) is 12.2 Å². The van der Waals surface area contributed by atoms with E-state index >= 15 is 0 Å². The second kappa shape index (κ2) is 11.1. The van der Waals surface area contributed by atoms with Crippen molar-refractivity contribution in [1.29, 1.82) is 0 Å². The van der Waals surface area contributed by atoms with E-state index in [1.165, 1.54) is 37.7 Å². The summed E-state index contributed by atoms with van der Waals surface area (Å²) in [6.45, 7) is 25.6. The topological polar surface area (TPSA) is 69.6 Å². The Kier molecular flexibility index (Phi) is 8.03. The van der Waals surface area contributed by atoms with Crippen molar-refractivity contribution in [2.45, 2.75) is 157 Å². The highest BCUT2D eigenvalue weighted by molar-refractivity contribution is 5.86. The lowest BCUT2D eigenvalue weighted by atomic mass is 9.32. The Morgan fingerprint density at radius 1 is 0.766 bits per heavy atom. The number of hydrogen-bond donors (Lipinski definition) is 2. The molecule has 6 aliphatic carbocycles. The molecule has 2 N–H and O–H groups in total. The first-order valence-corrected chi connectivity index (χ1v) is 19.9. The fraction of sp³-hybridized carbons (Fsp3) is 0.905. The molecule has 0 aromatic heterocycles. The number of nitrogens with zero attached hydrogens (tertiary/aromatic N) is 1. The Bertz CT molecular complexity index is 1300. The highest BCUT2D eigenvalue weighted by Gasteiger charge is 2.72. The Hall–Kier alpha value is -1.36. The second-order valence-corrected chi connectivity index (χ2v) is 20.2. The maximum absolute atomic E-state index is 14.9. The molecule has 0 spiro atoms. The van der Waals surface area contributed by atoms with Gasteiger partial charge in [0.15, 0.2) is 0 Å². The first-order chi connectivity index (χ1) is 21.9. The van der Waals surface area contributed by atoms with Gasteiger partial charge in [-0.25, -0.2) is 0 Å². The van der Waals surface area contributed by atoms with Crippen molar-refractivity contribution in [1.82, 2.24) is 10.2 Å². The van der Waals surface area contributed by atoms with E-state index < -0.39 is 0 Å². The zero-order valence-corrected chi connectivity index (χ0v) is 31.4. The SMILES string of the molecule is C=C(C)[C@@H]1CC[C@]2(C(=O)N[C@@H]3C[C@H](C(=O)N4CCCCC4)C3(C)C)CC[C@]3(C)[C@H](CC[C@@H]4[C@@]5(C)CC[C@H](O)C(C)(C)[C@@H]5CC[C@]43C)C12. The molecule has 7 fully saturated rings. The number of amides is 2. The quantitative estimate of drug-likeness (QED) is 0.300. The van der Waals surface area contributed by atoms with E-state index in [2.05, 4.69) is 72.2 Å². The number of rotatable bonds is 4. The summed E-state index contributed by atoms with van der Waals surface area (Å²) in [6, 6.07) is 0.0643. The van der Waals surface area contributed by atoms with Crippen LogP contribution in [0.1, 0.15) is 145 Å². The van der Waals surface area contributed by atoms with Crippen LogP contribution in [-0.4, -0.2) is 47.1 Å². The Balaban J connectivity index is 1.15. The molecule has 0 bridgehead atoms. The van der Waals surface area contributed by atoms with Crippen LogP contribution in [-0.2, 0) is 9.59 Å². The summed E-state index contributed by atoms with van der Waals surface area (Å²) < 4.78 is 0. The number of aliphatic hydroxyl groups is 1. The number of likely N-dealkylation sites (tertiary alicyclic amines) is 1. The lowest BCUT2D eigenvalue weighted by molar-refractivity contribution is -0.246. The van der Waals surface area contributed by atoms with Crippen molar-refractivity contribution in [2.75, 3.05) is 13.1 Å². The maximum Gasteiger partial charge on any atom is 0.226 e. The maximum atomic E-state index is 14.9. The van der Waals surface area contributed by atoms with E-state index in [0.29, 0.717) is 41.4 Å². The zero-order valence-electron chi connectivity index (χ0n) is 31.4. The normalized spacial score (nSPS) is 49.8. The molecular formula is C42H68N2O3. The number of fused-ring (bicyclic) bond motifs is 7. The number of nitrogens with one attached hydrogen (secondary N) is 1. The number of hydrogen-bond acceptors (Lipinski definition) is 3. The monoisotopic (exact) mass is 649 g/mol. The zero-order chi connectivity index (χ0) is 33.9. The van der Waals surface area contributed by atoms with Crippen molar-refractivity contribution in [3.05, 3.63) is 12.2 Å². The van der Waals surface area contributed by atoms with Gasteiger partial charge in [0.2, 0.25) is 11.8 Å². The van der Waals surface area contributed by atoms with Gasteiger partial charge in [-0.15, -0.1) is 0 Å². The molecular weight excluding hydrogens is 580 g/mol. The molecule has 1 unspecified atom stereocenters. The van der Waals surface area contributed by atoms with Gasteiger partial charge >= 0.3 is 0 Å².